The van der Waals surface area contributed by atoms with Gasteiger partial charge in [-0.2, -0.15) is 0 Å². The van der Waals surface area contributed by atoms with Crippen molar-refractivity contribution in [2.24, 2.45) is 0 Å². The zero-order chi connectivity index (χ0) is 18.0. The van der Waals surface area contributed by atoms with Crippen molar-refractivity contribution in [3.05, 3.63) is 62.6 Å². The van der Waals surface area contributed by atoms with Crippen LogP contribution >= 0.6 is 15.9 Å². The molecule has 8 heteroatoms. The molecule has 2 heterocycles. The predicted molar refractivity (Wildman–Crippen MR) is 94.0 cm³/mol. The van der Waals surface area contributed by atoms with Gasteiger partial charge in [0, 0.05) is 15.9 Å². The lowest BCUT2D eigenvalue weighted by Gasteiger charge is -2.03. The van der Waals surface area contributed by atoms with E-state index in [1.807, 2.05) is 24.3 Å². The van der Waals surface area contributed by atoms with Crippen molar-refractivity contribution < 1.29 is 18.8 Å². The number of nitrogens with zero attached hydrogens (tertiary/aromatic N) is 2. The van der Waals surface area contributed by atoms with Crippen molar-refractivity contribution in [1.82, 2.24) is 9.61 Å². The zero-order valence-corrected chi connectivity index (χ0v) is 15.4. The highest BCUT2D eigenvalue weighted by Gasteiger charge is 2.25. The van der Waals surface area contributed by atoms with Crippen molar-refractivity contribution in [2.45, 2.75) is 13.5 Å². The first kappa shape index (κ1) is 17.2. The van der Waals surface area contributed by atoms with Crippen molar-refractivity contribution in [3.63, 3.8) is 0 Å². The number of benzene rings is 1. The summed E-state index contributed by atoms with van der Waals surface area (Å²) in [6.45, 7) is 2.36. The van der Waals surface area contributed by atoms with Crippen molar-refractivity contribution in [1.29, 1.82) is 0 Å². The van der Waals surface area contributed by atoms with E-state index in [1.165, 1.54) is 6.20 Å². The number of halogens is 1. The van der Waals surface area contributed by atoms with Gasteiger partial charge in [0.05, 0.1) is 19.9 Å². The molecule has 0 aliphatic carbocycles. The van der Waals surface area contributed by atoms with Gasteiger partial charge in [-0.3, -0.25) is 4.79 Å². The minimum absolute atomic E-state index is 0.0246. The van der Waals surface area contributed by atoms with E-state index in [1.54, 1.807) is 29.3 Å². The number of hydrogen-bond donors (Lipinski definition) is 1. The molecule has 0 bridgehead atoms. The molecule has 0 aliphatic heterocycles. The third kappa shape index (κ3) is 3.30. The number of carbonyl (C=O) groups excluding carboxylic acids is 1. The third-order valence-electron chi connectivity index (χ3n) is 3.77. The number of rotatable bonds is 5. The van der Waals surface area contributed by atoms with E-state index >= 15 is 0 Å². The second-order valence-electron chi connectivity index (χ2n) is 5.32. The molecule has 0 atom stereocenters. The number of H-pyrrole nitrogens is 1. The molecule has 2 aromatic heterocycles. The fourth-order valence-electron chi connectivity index (χ4n) is 2.54. The number of aromatic nitrogens is 3. The molecule has 0 amide bonds. The van der Waals surface area contributed by atoms with Crippen LogP contribution in [0, 0.1) is 0 Å². The maximum absolute atomic E-state index is 12.8. The lowest BCUT2D eigenvalue weighted by molar-refractivity contribution is -0.673. The monoisotopic (exact) mass is 406 g/mol. The normalized spacial score (nSPS) is 10.8. The molecule has 7 nitrogen and oxygen atoms in total. The quantitative estimate of drug-likeness (QED) is 0.518. The Hall–Kier alpha value is -2.61. The summed E-state index contributed by atoms with van der Waals surface area (Å²) in [5.41, 5.74) is 0.911. The summed E-state index contributed by atoms with van der Waals surface area (Å²) in [5.74, 6) is 0.122. The van der Waals surface area contributed by atoms with Gasteiger partial charge in [-0.1, -0.05) is 12.1 Å². The van der Waals surface area contributed by atoms with Crippen LogP contribution in [0.4, 0.5) is 0 Å². The smallest absolute Gasteiger partial charge is 0.355 e. The SMILES string of the molecule is CCOC(=O)c1c[nH]n2cc(Br)[n+](Cc3ccc(OC)cc3)c2c1=O. The van der Waals surface area contributed by atoms with Gasteiger partial charge < -0.3 is 9.47 Å². The number of aromatic amines is 1. The molecule has 0 spiro atoms. The Bertz CT molecular complexity index is 976. The lowest BCUT2D eigenvalue weighted by atomic mass is 10.2. The van der Waals surface area contributed by atoms with Crippen molar-refractivity contribution in [2.75, 3.05) is 13.7 Å². The van der Waals surface area contributed by atoms with Crippen LogP contribution in [-0.4, -0.2) is 29.3 Å². The fourth-order valence-corrected chi connectivity index (χ4v) is 3.04. The highest BCUT2D eigenvalue weighted by molar-refractivity contribution is 9.10. The number of methoxy groups -OCH3 is 1. The van der Waals surface area contributed by atoms with Crippen LogP contribution in [0.2, 0.25) is 0 Å². The first-order valence-corrected chi connectivity index (χ1v) is 8.46. The maximum Gasteiger partial charge on any atom is 0.355 e. The second-order valence-corrected chi connectivity index (χ2v) is 6.13. The number of ether oxygens (including phenoxy) is 2. The van der Waals surface area contributed by atoms with Gasteiger partial charge in [0.15, 0.2) is 6.20 Å². The van der Waals surface area contributed by atoms with Gasteiger partial charge in [0.25, 0.3) is 5.43 Å². The first-order chi connectivity index (χ1) is 12.0. The molecule has 130 valence electrons. The van der Waals surface area contributed by atoms with Gasteiger partial charge in [-0.15, -0.1) is 4.52 Å². The van der Waals surface area contributed by atoms with Crippen LogP contribution in [-0.2, 0) is 11.3 Å². The van der Waals surface area contributed by atoms with E-state index in [4.69, 9.17) is 9.47 Å². The van der Waals surface area contributed by atoms with E-state index in [0.29, 0.717) is 16.8 Å². The Morgan fingerprint density at radius 1 is 1.32 bits per heavy atom. The van der Waals surface area contributed by atoms with E-state index in [-0.39, 0.29) is 12.2 Å². The van der Waals surface area contributed by atoms with Gasteiger partial charge in [0.1, 0.15) is 17.9 Å². The summed E-state index contributed by atoms with van der Waals surface area (Å²) in [7, 11) is 1.61. The topological polar surface area (TPSA) is 76.7 Å². The number of esters is 1. The number of nitrogens with one attached hydrogen (secondary N) is 1. The highest BCUT2D eigenvalue weighted by Crippen LogP contribution is 2.13. The molecule has 3 aromatic rings. The average molecular weight is 407 g/mol. The summed E-state index contributed by atoms with van der Waals surface area (Å²) >= 11 is 3.46. The van der Waals surface area contributed by atoms with E-state index in [0.717, 1.165) is 11.3 Å². The summed E-state index contributed by atoms with van der Waals surface area (Å²) in [6.07, 6.45) is 3.09. The average Bonchev–Trinajstić information content (AvgIpc) is 2.92. The molecule has 0 saturated heterocycles. The van der Waals surface area contributed by atoms with Gasteiger partial charge in [0.2, 0.25) is 4.60 Å². The number of carbonyl (C=O) groups is 1. The predicted octanol–water partition coefficient (Wildman–Crippen LogP) is 1.91. The number of fused-ring (bicyclic) bond motifs is 1. The Morgan fingerprint density at radius 3 is 2.68 bits per heavy atom. The van der Waals surface area contributed by atoms with E-state index in [2.05, 4.69) is 21.0 Å². The molecule has 1 N–H and O–H groups in total. The Kier molecular flexibility index (Phi) is 4.89. The standard InChI is InChI=1S/C17H16BrN3O4/c1-3-25-17(23)13-8-19-21-10-14(18)20(16(21)15(13)22)9-11-4-6-12(24-2)7-5-11/h4-8,10H,3,9H2,1-2H3/p+1. The number of imidazole rings is 1. The molecule has 0 saturated carbocycles. The largest absolute Gasteiger partial charge is 0.497 e. The Morgan fingerprint density at radius 2 is 2.04 bits per heavy atom. The van der Waals surface area contributed by atoms with E-state index in [9.17, 15) is 9.59 Å². The summed E-state index contributed by atoms with van der Waals surface area (Å²) in [4.78, 5) is 24.7. The molecule has 0 aliphatic rings. The highest BCUT2D eigenvalue weighted by atomic mass is 79.9. The summed E-state index contributed by atoms with van der Waals surface area (Å²) in [6, 6.07) is 7.56. The minimum Gasteiger partial charge on any atom is -0.497 e. The van der Waals surface area contributed by atoms with Crippen LogP contribution in [0.3, 0.4) is 0 Å². The summed E-state index contributed by atoms with van der Waals surface area (Å²) in [5, 5.41) is 2.91. The maximum atomic E-state index is 12.8. The van der Waals surface area contributed by atoms with Crippen LogP contribution in [0.15, 0.2) is 46.1 Å². The van der Waals surface area contributed by atoms with Crippen LogP contribution in [0.1, 0.15) is 22.8 Å². The van der Waals surface area contributed by atoms with Gasteiger partial charge in [-0.05, 0) is 24.6 Å². The Labute approximate surface area is 151 Å². The molecule has 0 unspecified atom stereocenters. The minimum atomic E-state index is -0.639. The Balaban J connectivity index is 2.07. The third-order valence-corrected chi connectivity index (χ3v) is 4.40. The van der Waals surface area contributed by atoms with Crippen LogP contribution < -0.4 is 14.7 Å². The van der Waals surface area contributed by atoms with Crippen molar-refractivity contribution >= 4 is 27.5 Å². The van der Waals surface area contributed by atoms with Crippen molar-refractivity contribution in [3.8, 4) is 5.75 Å². The van der Waals surface area contributed by atoms with Gasteiger partial charge >= 0.3 is 11.6 Å². The van der Waals surface area contributed by atoms with Crippen LogP contribution in [0.5, 0.6) is 5.75 Å². The molecule has 25 heavy (non-hydrogen) atoms. The molecule has 0 fully saturated rings. The molecular weight excluding hydrogens is 390 g/mol. The van der Waals surface area contributed by atoms with Crippen LogP contribution in [0.25, 0.3) is 5.65 Å². The molecule has 3 rings (SSSR count). The second kappa shape index (κ2) is 7.10. The molecular formula is C17H17BrN3O4+. The van der Waals surface area contributed by atoms with Gasteiger partial charge in [-0.25, -0.2) is 14.5 Å². The van der Waals surface area contributed by atoms with E-state index < -0.39 is 11.4 Å². The first-order valence-electron chi connectivity index (χ1n) is 7.67. The molecule has 1 aromatic carbocycles. The number of hydrogen-bond acceptors (Lipinski definition) is 4. The fraction of sp³-hybridized carbons (Fsp3) is 0.235. The molecule has 0 radical (unpaired) electrons. The lowest BCUT2D eigenvalue weighted by Crippen LogP contribution is -2.40. The zero-order valence-electron chi connectivity index (χ0n) is 13.8. The summed E-state index contributed by atoms with van der Waals surface area (Å²) < 4.78 is 14.2.